The molecule has 0 radical (unpaired) electrons. The van der Waals surface area contributed by atoms with Gasteiger partial charge in [-0.15, -0.1) is 0 Å². The number of nitrogens with one attached hydrogen (secondary N) is 1. The van der Waals surface area contributed by atoms with E-state index < -0.39 is 15.9 Å². The number of hydrogen-bond donors (Lipinski definition) is 1. The van der Waals surface area contributed by atoms with Gasteiger partial charge in [-0.3, -0.25) is 13.9 Å². The van der Waals surface area contributed by atoms with Gasteiger partial charge in [-0.25, -0.2) is 8.42 Å². The molecule has 2 aromatic carbocycles. The highest BCUT2D eigenvalue weighted by Crippen LogP contribution is 2.24. The van der Waals surface area contributed by atoms with Crippen LogP contribution < -0.4 is 9.62 Å². The first-order valence-electron chi connectivity index (χ1n) is 9.77. The van der Waals surface area contributed by atoms with Crippen LogP contribution in [0.5, 0.6) is 0 Å². The van der Waals surface area contributed by atoms with Gasteiger partial charge in [0.15, 0.2) is 5.78 Å². The van der Waals surface area contributed by atoms with Crippen molar-refractivity contribution in [2.24, 2.45) is 0 Å². The standard InChI is InChI=1S/C23H30N2O4S/c1-16(18-10-12-20(13-11-18)23(3,4)5)24-22(27)15-25(30(6,28)29)21-9-7-8-19(14-21)17(2)26/h7-14,16H,15H2,1-6H3,(H,24,27)/t16-/m0/s1. The molecule has 0 spiro atoms. The number of carbonyl (C=O) groups is 2. The van der Waals surface area contributed by atoms with Crippen molar-refractivity contribution in [1.29, 1.82) is 0 Å². The summed E-state index contributed by atoms with van der Waals surface area (Å²) in [7, 11) is -3.72. The third-order valence-electron chi connectivity index (χ3n) is 4.88. The molecule has 0 saturated carbocycles. The smallest absolute Gasteiger partial charge is 0.241 e. The van der Waals surface area contributed by atoms with E-state index in [2.05, 4.69) is 26.1 Å². The number of Topliss-reactive ketones (excluding diaryl/α,β-unsaturated/α-hetero) is 1. The molecule has 30 heavy (non-hydrogen) atoms. The third kappa shape index (κ3) is 6.16. The van der Waals surface area contributed by atoms with Crippen molar-refractivity contribution >= 4 is 27.4 Å². The second-order valence-electron chi connectivity index (χ2n) is 8.54. The predicted octanol–water partition coefficient (Wildman–Crippen LogP) is 3.83. The number of hydrogen-bond acceptors (Lipinski definition) is 4. The molecule has 0 saturated heterocycles. The highest BCUT2D eigenvalue weighted by atomic mass is 32.2. The lowest BCUT2D eigenvalue weighted by Gasteiger charge is -2.24. The lowest BCUT2D eigenvalue weighted by atomic mass is 9.86. The Morgan fingerprint density at radius 1 is 1.07 bits per heavy atom. The van der Waals surface area contributed by atoms with Gasteiger partial charge in [-0.1, -0.05) is 57.2 Å². The average molecular weight is 431 g/mol. The maximum Gasteiger partial charge on any atom is 0.241 e. The summed E-state index contributed by atoms with van der Waals surface area (Å²) >= 11 is 0. The van der Waals surface area contributed by atoms with Crippen LogP contribution in [0, 0.1) is 0 Å². The zero-order valence-electron chi connectivity index (χ0n) is 18.4. The normalized spacial score (nSPS) is 12.9. The third-order valence-corrected chi connectivity index (χ3v) is 6.02. The van der Waals surface area contributed by atoms with Crippen LogP contribution in [0.1, 0.15) is 62.1 Å². The molecule has 1 amide bonds. The summed E-state index contributed by atoms with van der Waals surface area (Å²) in [5.41, 5.74) is 2.82. The lowest BCUT2D eigenvalue weighted by molar-refractivity contribution is -0.120. The molecule has 0 aliphatic heterocycles. The summed E-state index contributed by atoms with van der Waals surface area (Å²) in [5, 5.41) is 2.85. The van der Waals surface area contributed by atoms with E-state index in [0.717, 1.165) is 16.1 Å². The number of anilines is 1. The Balaban J connectivity index is 2.17. The minimum atomic E-state index is -3.72. The Labute approximate surface area is 179 Å². The topological polar surface area (TPSA) is 83.6 Å². The molecule has 1 atom stereocenters. The molecule has 0 aliphatic rings. The van der Waals surface area contributed by atoms with E-state index in [1.165, 1.54) is 18.6 Å². The number of carbonyl (C=O) groups excluding carboxylic acids is 2. The summed E-state index contributed by atoms with van der Waals surface area (Å²) in [5.74, 6) is -0.608. The van der Waals surface area contributed by atoms with E-state index in [0.29, 0.717) is 5.56 Å². The van der Waals surface area contributed by atoms with Crippen molar-refractivity contribution in [2.45, 2.75) is 46.1 Å². The second kappa shape index (κ2) is 9.00. The van der Waals surface area contributed by atoms with Crippen LogP contribution in [0.25, 0.3) is 0 Å². The van der Waals surface area contributed by atoms with Gasteiger partial charge in [0.1, 0.15) is 6.54 Å². The zero-order chi connectivity index (χ0) is 22.7. The summed E-state index contributed by atoms with van der Waals surface area (Å²) in [6, 6.07) is 14.0. The lowest BCUT2D eigenvalue weighted by Crippen LogP contribution is -2.41. The highest BCUT2D eigenvalue weighted by Gasteiger charge is 2.23. The molecule has 0 bridgehead atoms. The molecule has 0 fully saturated rings. The molecular weight excluding hydrogens is 400 g/mol. The van der Waals surface area contributed by atoms with Gasteiger partial charge in [-0.05, 0) is 42.5 Å². The number of sulfonamides is 1. The van der Waals surface area contributed by atoms with Crippen molar-refractivity contribution in [1.82, 2.24) is 5.32 Å². The van der Waals surface area contributed by atoms with E-state index in [4.69, 9.17) is 0 Å². The fraction of sp³-hybridized carbons (Fsp3) is 0.391. The first-order valence-corrected chi connectivity index (χ1v) is 11.6. The second-order valence-corrected chi connectivity index (χ2v) is 10.4. The van der Waals surface area contributed by atoms with E-state index in [9.17, 15) is 18.0 Å². The Hall–Kier alpha value is -2.67. The first kappa shape index (κ1) is 23.6. The Bertz CT molecular complexity index is 1020. The fourth-order valence-corrected chi connectivity index (χ4v) is 3.90. The van der Waals surface area contributed by atoms with Crippen molar-refractivity contribution in [3.63, 3.8) is 0 Å². The van der Waals surface area contributed by atoms with Crippen LogP contribution in [0.15, 0.2) is 48.5 Å². The van der Waals surface area contributed by atoms with Gasteiger partial charge in [0.25, 0.3) is 0 Å². The molecule has 0 unspecified atom stereocenters. The minimum Gasteiger partial charge on any atom is -0.348 e. The minimum absolute atomic E-state index is 0.0371. The molecule has 0 heterocycles. The molecule has 2 aromatic rings. The van der Waals surface area contributed by atoms with Crippen LogP contribution >= 0.6 is 0 Å². The zero-order valence-corrected chi connectivity index (χ0v) is 19.2. The monoisotopic (exact) mass is 430 g/mol. The quantitative estimate of drug-likeness (QED) is 0.677. The van der Waals surface area contributed by atoms with Crippen molar-refractivity contribution in [3.8, 4) is 0 Å². The van der Waals surface area contributed by atoms with Gasteiger partial charge in [-0.2, -0.15) is 0 Å². The number of nitrogens with zero attached hydrogens (tertiary/aromatic N) is 1. The Morgan fingerprint density at radius 3 is 2.17 bits per heavy atom. The van der Waals surface area contributed by atoms with Gasteiger partial charge >= 0.3 is 0 Å². The summed E-state index contributed by atoms with van der Waals surface area (Å²) in [4.78, 5) is 24.3. The summed E-state index contributed by atoms with van der Waals surface area (Å²) in [6.07, 6.45) is 1.04. The Kier molecular flexibility index (Phi) is 7.08. The van der Waals surface area contributed by atoms with Crippen molar-refractivity contribution in [2.75, 3.05) is 17.1 Å². The van der Waals surface area contributed by atoms with Crippen LogP contribution in [0.4, 0.5) is 5.69 Å². The van der Waals surface area contributed by atoms with Gasteiger partial charge in [0, 0.05) is 5.56 Å². The SMILES string of the molecule is CC(=O)c1cccc(N(CC(=O)N[C@@H](C)c2ccc(C(C)(C)C)cc2)S(C)(=O)=O)c1. The molecule has 1 N–H and O–H groups in total. The van der Waals surface area contributed by atoms with Gasteiger partial charge < -0.3 is 5.32 Å². The van der Waals surface area contributed by atoms with E-state index in [1.807, 2.05) is 31.2 Å². The molecule has 162 valence electrons. The maximum absolute atomic E-state index is 12.6. The van der Waals surface area contributed by atoms with E-state index in [1.54, 1.807) is 18.2 Å². The molecule has 0 aromatic heterocycles. The highest BCUT2D eigenvalue weighted by molar-refractivity contribution is 7.92. The van der Waals surface area contributed by atoms with Crippen LogP contribution in [0.3, 0.4) is 0 Å². The molecule has 6 nitrogen and oxygen atoms in total. The van der Waals surface area contributed by atoms with E-state index in [-0.39, 0.29) is 29.5 Å². The largest absolute Gasteiger partial charge is 0.348 e. The average Bonchev–Trinajstić information content (AvgIpc) is 2.64. The molecule has 2 rings (SSSR count). The van der Waals surface area contributed by atoms with Crippen LogP contribution in [-0.4, -0.2) is 32.9 Å². The van der Waals surface area contributed by atoms with E-state index >= 15 is 0 Å². The summed E-state index contributed by atoms with van der Waals surface area (Å²) < 4.78 is 25.6. The van der Waals surface area contributed by atoms with Crippen LogP contribution in [-0.2, 0) is 20.2 Å². The number of benzene rings is 2. The van der Waals surface area contributed by atoms with Crippen LogP contribution in [0.2, 0.25) is 0 Å². The fourth-order valence-electron chi connectivity index (χ4n) is 3.05. The molecular formula is C23H30N2O4S. The predicted molar refractivity (Wildman–Crippen MR) is 120 cm³/mol. The Morgan fingerprint density at radius 2 is 1.67 bits per heavy atom. The summed E-state index contributed by atoms with van der Waals surface area (Å²) in [6.45, 7) is 9.29. The molecule has 7 heteroatoms. The number of amides is 1. The molecule has 0 aliphatic carbocycles. The first-order chi connectivity index (χ1) is 13.8. The number of rotatable bonds is 7. The number of ketones is 1. The van der Waals surface area contributed by atoms with Crippen molar-refractivity contribution in [3.05, 3.63) is 65.2 Å². The van der Waals surface area contributed by atoms with Gasteiger partial charge in [0.2, 0.25) is 15.9 Å². The van der Waals surface area contributed by atoms with Gasteiger partial charge in [0.05, 0.1) is 18.0 Å². The maximum atomic E-state index is 12.6. The van der Waals surface area contributed by atoms with Crippen molar-refractivity contribution < 1.29 is 18.0 Å².